The van der Waals surface area contributed by atoms with Gasteiger partial charge < -0.3 is 5.32 Å². The Balaban J connectivity index is 1.52. The third-order valence-corrected chi connectivity index (χ3v) is 3.73. The number of nitrogens with one attached hydrogen (secondary N) is 1. The molecule has 0 aliphatic carbocycles. The van der Waals surface area contributed by atoms with Crippen molar-refractivity contribution in [1.29, 1.82) is 0 Å². The van der Waals surface area contributed by atoms with Crippen LogP contribution in [0.1, 0.15) is 16.9 Å². The zero-order valence-electron chi connectivity index (χ0n) is 10.1. The van der Waals surface area contributed by atoms with Gasteiger partial charge in [-0.3, -0.25) is 0 Å². The van der Waals surface area contributed by atoms with Crippen molar-refractivity contribution in [3.8, 4) is 0 Å². The van der Waals surface area contributed by atoms with Crippen LogP contribution in [0, 0.1) is 0 Å². The van der Waals surface area contributed by atoms with Crippen LogP contribution in [0.15, 0.2) is 47.8 Å². The van der Waals surface area contributed by atoms with E-state index >= 15 is 0 Å². The van der Waals surface area contributed by atoms with Gasteiger partial charge in [0.25, 0.3) is 0 Å². The second kappa shape index (κ2) is 7.25. The second-order valence-corrected chi connectivity index (χ2v) is 5.20. The zero-order valence-corrected chi connectivity index (χ0v) is 10.9. The summed E-state index contributed by atoms with van der Waals surface area (Å²) < 4.78 is 0. The van der Waals surface area contributed by atoms with Crippen molar-refractivity contribution in [2.45, 2.75) is 19.3 Å². The Morgan fingerprint density at radius 2 is 1.76 bits per heavy atom. The van der Waals surface area contributed by atoms with Crippen LogP contribution >= 0.6 is 11.3 Å². The van der Waals surface area contributed by atoms with E-state index in [1.54, 1.807) is 0 Å². The van der Waals surface area contributed by atoms with Crippen molar-refractivity contribution in [3.05, 3.63) is 58.3 Å². The van der Waals surface area contributed by atoms with E-state index in [0.717, 1.165) is 19.5 Å². The topological polar surface area (TPSA) is 12.0 Å². The molecule has 0 bridgehead atoms. The predicted octanol–water partition coefficient (Wildman–Crippen LogP) is 3.51. The molecule has 1 nitrogen and oxygen atoms in total. The average molecular weight is 245 g/mol. The van der Waals surface area contributed by atoms with Crippen LogP contribution in [0.2, 0.25) is 0 Å². The van der Waals surface area contributed by atoms with E-state index in [2.05, 4.69) is 53.2 Å². The summed E-state index contributed by atoms with van der Waals surface area (Å²) in [6.45, 7) is 2.20. The van der Waals surface area contributed by atoms with Crippen molar-refractivity contribution >= 4 is 11.3 Å². The molecule has 1 N–H and O–H groups in total. The minimum absolute atomic E-state index is 1.09. The van der Waals surface area contributed by atoms with Crippen molar-refractivity contribution < 1.29 is 0 Å². The van der Waals surface area contributed by atoms with Crippen molar-refractivity contribution in [2.24, 2.45) is 0 Å². The first-order valence-electron chi connectivity index (χ1n) is 6.22. The van der Waals surface area contributed by atoms with E-state index in [0.29, 0.717) is 0 Å². The summed E-state index contributed by atoms with van der Waals surface area (Å²) in [6, 6.07) is 15.0. The molecule has 17 heavy (non-hydrogen) atoms. The molecule has 2 heteroatoms. The zero-order chi connectivity index (χ0) is 11.8. The molecule has 2 aromatic rings. The van der Waals surface area contributed by atoms with Crippen LogP contribution in [0.4, 0.5) is 0 Å². The molecule has 0 radical (unpaired) electrons. The summed E-state index contributed by atoms with van der Waals surface area (Å²) in [5.41, 5.74) is 1.44. The maximum absolute atomic E-state index is 3.50. The molecule has 0 aliphatic rings. The minimum Gasteiger partial charge on any atom is -0.316 e. The maximum Gasteiger partial charge on any atom is 0.00578 e. The lowest BCUT2D eigenvalue weighted by Gasteiger charge is -2.04. The Morgan fingerprint density at radius 1 is 0.882 bits per heavy atom. The fourth-order valence-corrected chi connectivity index (χ4v) is 2.56. The Hall–Kier alpha value is -1.12. The predicted molar refractivity (Wildman–Crippen MR) is 75.7 cm³/mol. The van der Waals surface area contributed by atoms with E-state index < -0.39 is 0 Å². The molecule has 0 spiro atoms. The lowest BCUT2D eigenvalue weighted by molar-refractivity contribution is 0.650. The van der Waals surface area contributed by atoms with Gasteiger partial charge in [-0.1, -0.05) is 36.4 Å². The van der Waals surface area contributed by atoms with Crippen molar-refractivity contribution in [1.82, 2.24) is 5.32 Å². The van der Waals surface area contributed by atoms with Crippen LogP contribution < -0.4 is 5.32 Å². The Morgan fingerprint density at radius 3 is 2.53 bits per heavy atom. The Kier molecular flexibility index (Phi) is 5.27. The summed E-state index contributed by atoms with van der Waals surface area (Å²) in [5, 5.41) is 5.64. The highest BCUT2D eigenvalue weighted by molar-refractivity contribution is 7.09. The van der Waals surface area contributed by atoms with Gasteiger partial charge in [-0.15, -0.1) is 11.3 Å². The van der Waals surface area contributed by atoms with Crippen LogP contribution in [0.5, 0.6) is 0 Å². The Bertz CT molecular complexity index is 394. The van der Waals surface area contributed by atoms with E-state index in [4.69, 9.17) is 0 Å². The van der Waals surface area contributed by atoms with Gasteiger partial charge in [0, 0.05) is 4.88 Å². The first-order valence-corrected chi connectivity index (χ1v) is 7.10. The van der Waals surface area contributed by atoms with Gasteiger partial charge in [0.1, 0.15) is 0 Å². The third-order valence-electron chi connectivity index (χ3n) is 2.79. The van der Waals surface area contributed by atoms with Crippen molar-refractivity contribution in [3.63, 3.8) is 0 Å². The number of benzene rings is 1. The summed E-state index contributed by atoms with van der Waals surface area (Å²) in [7, 11) is 0. The fraction of sp³-hybridized carbons (Fsp3) is 0.333. The molecule has 2 rings (SSSR count). The highest BCUT2D eigenvalue weighted by Crippen LogP contribution is 2.08. The molecule has 90 valence electrons. The number of aryl methyl sites for hydroxylation is 1. The van der Waals surface area contributed by atoms with E-state index in [9.17, 15) is 0 Å². The molecule has 1 heterocycles. The largest absolute Gasteiger partial charge is 0.316 e. The first-order chi connectivity index (χ1) is 8.45. The lowest BCUT2D eigenvalue weighted by Crippen LogP contribution is -2.18. The smallest absolute Gasteiger partial charge is 0.00578 e. The highest BCUT2D eigenvalue weighted by atomic mass is 32.1. The maximum atomic E-state index is 3.50. The second-order valence-electron chi connectivity index (χ2n) is 4.17. The molecule has 1 aromatic carbocycles. The van der Waals surface area contributed by atoms with Gasteiger partial charge in [0.2, 0.25) is 0 Å². The van der Waals surface area contributed by atoms with E-state index in [-0.39, 0.29) is 0 Å². The molecule has 0 aliphatic heterocycles. The molecule has 0 unspecified atom stereocenters. The van der Waals surface area contributed by atoms with Gasteiger partial charge in [-0.25, -0.2) is 0 Å². The fourth-order valence-electron chi connectivity index (χ4n) is 1.85. The van der Waals surface area contributed by atoms with E-state index in [1.807, 2.05) is 11.3 Å². The summed E-state index contributed by atoms with van der Waals surface area (Å²) in [6.07, 6.45) is 3.55. The molecule has 0 saturated carbocycles. The molecular weight excluding hydrogens is 226 g/mol. The van der Waals surface area contributed by atoms with Gasteiger partial charge >= 0.3 is 0 Å². The SMILES string of the molecule is c1ccc(CCCNCCc2cccs2)cc1. The quantitative estimate of drug-likeness (QED) is 0.736. The summed E-state index contributed by atoms with van der Waals surface area (Å²) in [4.78, 5) is 1.47. The monoisotopic (exact) mass is 245 g/mol. The van der Waals surface area contributed by atoms with Gasteiger partial charge in [0.05, 0.1) is 0 Å². The van der Waals surface area contributed by atoms with Crippen LogP contribution in [-0.2, 0) is 12.8 Å². The molecule has 0 amide bonds. The minimum atomic E-state index is 1.09. The molecule has 0 atom stereocenters. The average Bonchev–Trinajstić information content (AvgIpc) is 2.88. The number of thiophene rings is 1. The number of hydrogen-bond acceptors (Lipinski definition) is 2. The number of rotatable bonds is 7. The number of hydrogen-bond donors (Lipinski definition) is 1. The lowest BCUT2D eigenvalue weighted by atomic mass is 10.1. The van der Waals surface area contributed by atoms with Gasteiger partial charge in [-0.2, -0.15) is 0 Å². The summed E-state index contributed by atoms with van der Waals surface area (Å²) in [5.74, 6) is 0. The Labute approximate surface area is 108 Å². The van der Waals surface area contributed by atoms with Crippen molar-refractivity contribution in [2.75, 3.05) is 13.1 Å². The highest BCUT2D eigenvalue weighted by Gasteiger charge is 1.94. The molecular formula is C15H19NS. The molecule has 0 fully saturated rings. The first kappa shape index (κ1) is 12.3. The standard InChI is InChI=1S/C15H19NS/c1-2-6-14(7-3-1)8-4-11-16-12-10-15-9-5-13-17-15/h1-3,5-7,9,13,16H,4,8,10-12H2. The van der Waals surface area contributed by atoms with E-state index in [1.165, 1.54) is 23.3 Å². The van der Waals surface area contributed by atoms with Gasteiger partial charge in [0.15, 0.2) is 0 Å². The molecule has 1 aromatic heterocycles. The van der Waals surface area contributed by atoms with Crippen LogP contribution in [0.3, 0.4) is 0 Å². The van der Waals surface area contributed by atoms with Gasteiger partial charge in [-0.05, 0) is 49.4 Å². The van der Waals surface area contributed by atoms with Crippen LogP contribution in [-0.4, -0.2) is 13.1 Å². The molecule has 0 saturated heterocycles. The van der Waals surface area contributed by atoms with Crippen LogP contribution in [0.25, 0.3) is 0 Å². The third kappa shape index (κ3) is 4.72. The normalized spacial score (nSPS) is 10.6. The summed E-state index contributed by atoms with van der Waals surface area (Å²) >= 11 is 1.84.